The summed E-state index contributed by atoms with van der Waals surface area (Å²) >= 11 is 0. The number of nitrogens with one attached hydrogen (secondary N) is 1. The predicted molar refractivity (Wildman–Crippen MR) is 69.5 cm³/mol. The molecule has 0 bridgehead atoms. The van der Waals surface area contributed by atoms with Gasteiger partial charge in [-0.3, -0.25) is 0 Å². The fourth-order valence-electron chi connectivity index (χ4n) is 2.62. The van der Waals surface area contributed by atoms with Crippen LogP contribution in [0.5, 0.6) is 0 Å². The molecule has 2 aliphatic rings. The fraction of sp³-hybridized carbons (Fsp3) is 0.917. The number of hydrogen-bond donors (Lipinski definition) is 1. The number of halogens is 1. The Labute approximate surface area is 109 Å². The van der Waals surface area contributed by atoms with Gasteiger partial charge in [0.2, 0.25) is 0 Å². The largest absolute Gasteiger partial charge is 0.444 e. The van der Waals surface area contributed by atoms with Gasteiger partial charge in [0.05, 0.1) is 0 Å². The van der Waals surface area contributed by atoms with Crippen molar-refractivity contribution in [3.8, 4) is 0 Å². The van der Waals surface area contributed by atoms with E-state index in [2.05, 4.69) is 12.2 Å². The average molecular weight is 263 g/mol. The highest BCUT2D eigenvalue weighted by atomic mass is 35.5. The van der Waals surface area contributed by atoms with E-state index in [0.29, 0.717) is 5.92 Å². The first kappa shape index (κ1) is 14.6. The van der Waals surface area contributed by atoms with Crippen molar-refractivity contribution in [3.63, 3.8) is 0 Å². The maximum Gasteiger partial charge on any atom is 0.410 e. The van der Waals surface area contributed by atoms with Gasteiger partial charge >= 0.3 is 6.09 Å². The van der Waals surface area contributed by atoms with Gasteiger partial charge in [0.15, 0.2) is 0 Å². The Kier molecular flexibility index (Phi) is 3.99. The van der Waals surface area contributed by atoms with Crippen LogP contribution in [0.3, 0.4) is 0 Å². The minimum atomic E-state index is -0.395. The van der Waals surface area contributed by atoms with Gasteiger partial charge in [-0.05, 0) is 26.7 Å². The Morgan fingerprint density at radius 3 is 2.65 bits per heavy atom. The maximum atomic E-state index is 11.9. The highest BCUT2D eigenvalue weighted by Gasteiger charge is 2.48. The van der Waals surface area contributed by atoms with Gasteiger partial charge < -0.3 is 15.0 Å². The molecule has 100 valence electrons. The van der Waals surface area contributed by atoms with E-state index in [1.54, 1.807) is 0 Å². The number of ether oxygens (including phenoxy) is 1. The van der Waals surface area contributed by atoms with E-state index < -0.39 is 5.60 Å². The standard InChI is InChI=1S/C12H22N2O2.ClH/c1-11(2,3)16-10(15)14-6-9-5-13-7-12(9,4)8-14;/h9,13H,5-8H2,1-4H3;1H/t9-,12+;/m0./s1. The Bertz CT molecular complexity index is 303. The summed E-state index contributed by atoms with van der Waals surface area (Å²) in [4.78, 5) is 13.8. The molecule has 0 saturated carbocycles. The third-order valence-corrected chi connectivity index (χ3v) is 3.55. The normalized spacial score (nSPS) is 32.0. The summed E-state index contributed by atoms with van der Waals surface area (Å²) in [6, 6.07) is 0. The summed E-state index contributed by atoms with van der Waals surface area (Å²) in [7, 11) is 0. The summed E-state index contributed by atoms with van der Waals surface area (Å²) in [6.45, 7) is 11.7. The summed E-state index contributed by atoms with van der Waals surface area (Å²) in [5.41, 5.74) is -0.148. The molecule has 2 heterocycles. The van der Waals surface area contributed by atoms with Crippen LogP contribution in [-0.2, 0) is 4.74 Å². The van der Waals surface area contributed by atoms with Crippen LogP contribution in [-0.4, -0.2) is 42.8 Å². The number of carbonyl (C=O) groups excluding carboxylic acids is 1. The van der Waals surface area contributed by atoms with Crippen LogP contribution in [0.25, 0.3) is 0 Å². The van der Waals surface area contributed by atoms with E-state index >= 15 is 0 Å². The first-order valence-electron chi connectivity index (χ1n) is 5.99. The summed E-state index contributed by atoms with van der Waals surface area (Å²) in [5, 5.41) is 3.39. The third kappa shape index (κ3) is 3.05. The van der Waals surface area contributed by atoms with E-state index in [1.807, 2.05) is 25.7 Å². The smallest absolute Gasteiger partial charge is 0.410 e. The second kappa shape index (κ2) is 4.65. The second-order valence-electron chi connectivity index (χ2n) is 6.34. The van der Waals surface area contributed by atoms with Crippen molar-refractivity contribution in [2.45, 2.75) is 33.3 Å². The van der Waals surface area contributed by atoms with Crippen molar-refractivity contribution in [1.82, 2.24) is 10.2 Å². The van der Waals surface area contributed by atoms with Crippen molar-refractivity contribution in [1.29, 1.82) is 0 Å². The van der Waals surface area contributed by atoms with Crippen molar-refractivity contribution < 1.29 is 9.53 Å². The van der Waals surface area contributed by atoms with E-state index in [0.717, 1.165) is 26.2 Å². The molecule has 0 radical (unpaired) electrons. The average Bonchev–Trinajstić information content (AvgIpc) is 2.55. The van der Waals surface area contributed by atoms with Gasteiger partial charge in [-0.1, -0.05) is 6.92 Å². The minimum absolute atomic E-state index is 0. The van der Waals surface area contributed by atoms with Crippen LogP contribution >= 0.6 is 12.4 Å². The quantitative estimate of drug-likeness (QED) is 0.725. The lowest BCUT2D eigenvalue weighted by Crippen LogP contribution is -2.38. The molecule has 1 N–H and O–H groups in total. The topological polar surface area (TPSA) is 41.6 Å². The van der Waals surface area contributed by atoms with Crippen LogP contribution in [0.15, 0.2) is 0 Å². The van der Waals surface area contributed by atoms with Crippen molar-refractivity contribution >= 4 is 18.5 Å². The number of carbonyl (C=O) groups is 1. The number of amides is 1. The van der Waals surface area contributed by atoms with Gasteiger partial charge in [0, 0.05) is 31.6 Å². The number of hydrogen-bond acceptors (Lipinski definition) is 3. The molecular weight excluding hydrogens is 240 g/mol. The van der Waals surface area contributed by atoms with Crippen LogP contribution in [0.2, 0.25) is 0 Å². The van der Waals surface area contributed by atoms with Gasteiger partial charge in [-0.25, -0.2) is 4.79 Å². The maximum absolute atomic E-state index is 11.9. The molecule has 0 spiro atoms. The molecule has 0 aromatic rings. The van der Waals surface area contributed by atoms with Crippen LogP contribution in [0.1, 0.15) is 27.7 Å². The van der Waals surface area contributed by atoms with Crippen LogP contribution < -0.4 is 5.32 Å². The lowest BCUT2D eigenvalue weighted by Gasteiger charge is -2.26. The van der Waals surface area contributed by atoms with Gasteiger partial charge in [0.25, 0.3) is 0 Å². The van der Waals surface area contributed by atoms with E-state index in [-0.39, 0.29) is 23.9 Å². The summed E-state index contributed by atoms with van der Waals surface area (Å²) in [6.07, 6.45) is -0.164. The van der Waals surface area contributed by atoms with E-state index in [1.165, 1.54) is 0 Å². The predicted octanol–water partition coefficient (Wildman–Crippen LogP) is 1.88. The third-order valence-electron chi connectivity index (χ3n) is 3.55. The zero-order valence-corrected chi connectivity index (χ0v) is 11.9. The van der Waals surface area contributed by atoms with Crippen LogP contribution in [0.4, 0.5) is 4.79 Å². The van der Waals surface area contributed by atoms with Gasteiger partial charge in [-0.15, -0.1) is 12.4 Å². The molecule has 0 aliphatic carbocycles. The van der Waals surface area contributed by atoms with Crippen molar-refractivity contribution in [2.24, 2.45) is 11.3 Å². The summed E-state index contributed by atoms with van der Waals surface area (Å²) < 4.78 is 5.40. The number of likely N-dealkylation sites (tertiary alicyclic amines) is 1. The molecule has 17 heavy (non-hydrogen) atoms. The summed E-state index contributed by atoms with van der Waals surface area (Å²) in [5.74, 6) is 0.583. The van der Waals surface area contributed by atoms with Gasteiger partial charge in [-0.2, -0.15) is 0 Å². The number of rotatable bonds is 0. The van der Waals surface area contributed by atoms with E-state index in [4.69, 9.17) is 4.74 Å². The molecule has 0 aromatic heterocycles. The SMILES string of the molecule is CC(C)(C)OC(=O)N1C[C@@H]2CNC[C@]2(C)C1.Cl. The minimum Gasteiger partial charge on any atom is -0.444 e. The van der Waals surface area contributed by atoms with Crippen molar-refractivity contribution in [3.05, 3.63) is 0 Å². The molecular formula is C12H23ClN2O2. The number of nitrogens with zero attached hydrogens (tertiary/aromatic N) is 1. The van der Waals surface area contributed by atoms with Gasteiger partial charge in [0.1, 0.15) is 5.60 Å². The Morgan fingerprint density at radius 2 is 2.12 bits per heavy atom. The highest BCUT2D eigenvalue weighted by molar-refractivity contribution is 5.85. The lowest BCUT2D eigenvalue weighted by molar-refractivity contribution is 0.0272. The van der Waals surface area contributed by atoms with Crippen LogP contribution in [0, 0.1) is 11.3 Å². The monoisotopic (exact) mass is 262 g/mol. The molecule has 5 heteroatoms. The first-order valence-corrected chi connectivity index (χ1v) is 5.99. The molecule has 1 amide bonds. The zero-order chi connectivity index (χ0) is 12.0. The molecule has 2 rings (SSSR count). The molecule has 0 aromatic carbocycles. The number of fused-ring (bicyclic) bond motifs is 1. The Balaban J connectivity index is 0.00000144. The lowest BCUT2D eigenvalue weighted by atomic mass is 9.83. The Hall–Kier alpha value is -0.480. The highest BCUT2D eigenvalue weighted by Crippen LogP contribution is 2.38. The van der Waals surface area contributed by atoms with E-state index in [9.17, 15) is 4.79 Å². The molecule has 2 fully saturated rings. The molecule has 0 unspecified atom stereocenters. The fourth-order valence-corrected chi connectivity index (χ4v) is 2.62. The second-order valence-corrected chi connectivity index (χ2v) is 6.34. The Morgan fingerprint density at radius 1 is 1.47 bits per heavy atom. The van der Waals surface area contributed by atoms with Crippen molar-refractivity contribution in [2.75, 3.05) is 26.2 Å². The molecule has 2 saturated heterocycles. The zero-order valence-electron chi connectivity index (χ0n) is 11.1. The molecule has 2 atom stereocenters. The molecule has 4 nitrogen and oxygen atoms in total. The first-order chi connectivity index (χ1) is 7.30. The molecule has 2 aliphatic heterocycles.